The standard InChI is InChI=1S/C13H15N3O4S2/c1-7-5-11(21-12(7)13(17)18)22(19,20)15-10-6-9(8-3-4-8)16(2)14-10/h5-6,8H,3-4H2,1-2H3,(H,14,15)(H,17,18). The van der Waals surface area contributed by atoms with E-state index in [9.17, 15) is 13.2 Å². The van der Waals surface area contributed by atoms with E-state index in [1.807, 2.05) is 0 Å². The monoisotopic (exact) mass is 341 g/mol. The molecule has 2 aromatic rings. The second-order valence-corrected chi connectivity index (χ2v) is 8.30. The van der Waals surface area contributed by atoms with Gasteiger partial charge in [-0.15, -0.1) is 11.3 Å². The predicted octanol–water partition coefficient (Wildman–Crippen LogP) is 2.17. The minimum absolute atomic E-state index is 0.0268. The fraction of sp³-hybridized carbons (Fsp3) is 0.385. The highest BCUT2D eigenvalue weighted by Crippen LogP contribution is 2.40. The first-order valence-electron chi connectivity index (χ1n) is 6.68. The summed E-state index contributed by atoms with van der Waals surface area (Å²) in [6, 6.07) is 3.09. The van der Waals surface area contributed by atoms with Gasteiger partial charge in [-0.3, -0.25) is 9.40 Å². The number of carboxylic acids is 1. The van der Waals surface area contributed by atoms with Crippen LogP contribution in [0.4, 0.5) is 5.82 Å². The van der Waals surface area contributed by atoms with Crippen LogP contribution in [-0.2, 0) is 17.1 Å². The average molecular weight is 341 g/mol. The van der Waals surface area contributed by atoms with Crippen LogP contribution < -0.4 is 4.72 Å². The highest BCUT2D eigenvalue weighted by molar-refractivity contribution is 7.94. The first kappa shape index (κ1) is 15.0. The zero-order valence-electron chi connectivity index (χ0n) is 12.0. The highest BCUT2D eigenvalue weighted by Gasteiger charge is 2.28. The Morgan fingerprint density at radius 3 is 2.68 bits per heavy atom. The van der Waals surface area contributed by atoms with E-state index in [0.29, 0.717) is 11.5 Å². The lowest BCUT2D eigenvalue weighted by Gasteiger charge is -2.01. The highest BCUT2D eigenvalue weighted by atomic mass is 32.2. The van der Waals surface area contributed by atoms with Crippen LogP contribution >= 0.6 is 11.3 Å². The summed E-state index contributed by atoms with van der Waals surface area (Å²) in [6.45, 7) is 1.57. The zero-order chi connectivity index (χ0) is 16.1. The van der Waals surface area contributed by atoms with Gasteiger partial charge in [-0.25, -0.2) is 13.2 Å². The van der Waals surface area contributed by atoms with Gasteiger partial charge in [0, 0.05) is 24.7 Å². The van der Waals surface area contributed by atoms with Gasteiger partial charge in [0.25, 0.3) is 10.0 Å². The summed E-state index contributed by atoms with van der Waals surface area (Å²) < 4.78 is 28.8. The van der Waals surface area contributed by atoms with Crippen molar-refractivity contribution < 1.29 is 18.3 Å². The van der Waals surface area contributed by atoms with E-state index in [1.165, 1.54) is 6.07 Å². The Hall–Kier alpha value is -1.87. The Morgan fingerprint density at radius 1 is 1.45 bits per heavy atom. The van der Waals surface area contributed by atoms with Gasteiger partial charge in [-0.1, -0.05) is 0 Å². The van der Waals surface area contributed by atoms with Crippen molar-refractivity contribution in [2.24, 2.45) is 7.05 Å². The number of thiophene rings is 1. The number of nitrogens with zero attached hydrogens (tertiary/aromatic N) is 2. The molecule has 2 aromatic heterocycles. The molecule has 2 N–H and O–H groups in total. The molecule has 0 saturated heterocycles. The number of carboxylic acid groups (broad SMARTS) is 1. The topological polar surface area (TPSA) is 101 Å². The number of rotatable bonds is 5. The Labute approximate surface area is 131 Å². The number of aromatic carboxylic acids is 1. The molecular formula is C13H15N3O4S2. The van der Waals surface area contributed by atoms with Crippen molar-refractivity contribution in [3.8, 4) is 0 Å². The fourth-order valence-electron chi connectivity index (χ4n) is 2.28. The van der Waals surface area contributed by atoms with E-state index in [0.717, 1.165) is 29.9 Å². The Bertz CT molecular complexity index is 847. The van der Waals surface area contributed by atoms with Crippen molar-refractivity contribution in [3.63, 3.8) is 0 Å². The lowest BCUT2D eigenvalue weighted by Crippen LogP contribution is -2.12. The van der Waals surface area contributed by atoms with Gasteiger partial charge in [-0.2, -0.15) is 5.10 Å². The molecule has 3 rings (SSSR count). The summed E-state index contributed by atoms with van der Waals surface area (Å²) in [6.07, 6.45) is 2.19. The average Bonchev–Trinajstić information content (AvgIpc) is 3.07. The van der Waals surface area contributed by atoms with Gasteiger partial charge in [0.05, 0.1) is 0 Å². The molecule has 0 unspecified atom stereocenters. The third kappa shape index (κ3) is 2.73. The molecular weight excluding hydrogens is 326 g/mol. The van der Waals surface area contributed by atoms with Crippen molar-refractivity contribution >= 4 is 33.1 Å². The Balaban J connectivity index is 1.88. The molecule has 1 fully saturated rings. The van der Waals surface area contributed by atoms with E-state index < -0.39 is 16.0 Å². The van der Waals surface area contributed by atoms with Crippen LogP contribution in [0, 0.1) is 6.92 Å². The number of aryl methyl sites for hydroxylation is 2. The third-order valence-electron chi connectivity index (χ3n) is 3.50. The van der Waals surface area contributed by atoms with Crippen molar-refractivity contribution in [2.75, 3.05) is 4.72 Å². The van der Waals surface area contributed by atoms with Crippen LogP contribution in [0.2, 0.25) is 0 Å². The van der Waals surface area contributed by atoms with E-state index >= 15 is 0 Å². The quantitative estimate of drug-likeness (QED) is 0.868. The van der Waals surface area contributed by atoms with Gasteiger partial charge in [0.2, 0.25) is 0 Å². The SMILES string of the molecule is Cc1cc(S(=O)(=O)Nc2cc(C3CC3)n(C)n2)sc1C(=O)O. The van der Waals surface area contributed by atoms with E-state index in [2.05, 4.69) is 9.82 Å². The van der Waals surface area contributed by atoms with Crippen LogP contribution in [0.1, 0.15) is 39.7 Å². The second-order valence-electron chi connectivity index (χ2n) is 5.34. The van der Waals surface area contributed by atoms with Crippen LogP contribution in [0.5, 0.6) is 0 Å². The van der Waals surface area contributed by atoms with Crippen LogP contribution in [0.15, 0.2) is 16.3 Å². The van der Waals surface area contributed by atoms with Gasteiger partial charge in [-0.05, 0) is 31.4 Å². The minimum Gasteiger partial charge on any atom is -0.477 e. The minimum atomic E-state index is -3.83. The van der Waals surface area contributed by atoms with Crippen LogP contribution in [-0.4, -0.2) is 29.3 Å². The molecule has 0 atom stereocenters. The number of carbonyl (C=O) groups is 1. The molecule has 1 saturated carbocycles. The summed E-state index contributed by atoms with van der Waals surface area (Å²) >= 11 is 0.739. The van der Waals surface area contributed by atoms with Crippen LogP contribution in [0.25, 0.3) is 0 Å². The van der Waals surface area contributed by atoms with Crippen LogP contribution in [0.3, 0.4) is 0 Å². The van der Waals surface area contributed by atoms with Gasteiger partial charge < -0.3 is 5.11 Å². The fourth-order valence-corrected chi connectivity index (χ4v) is 4.64. The summed E-state index contributed by atoms with van der Waals surface area (Å²) in [4.78, 5) is 11.1. The molecule has 0 aromatic carbocycles. The van der Waals surface area contributed by atoms with Crippen molar-refractivity contribution in [1.29, 1.82) is 0 Å². The first-order chi connectivity index (χ1) is 10.3. The van der Waals surface area contributed by atoms with E-state index in [1.54, 1.807) is 24.7 Å². The molecule has 1 aliphatic rings. The van der Waals surface area contributed by atoms with E-state index in [-0.39, 0.29) is 14.9 Å². The second kappa shape index (κ2) is 5.10. The number of aromatic nitrogens is 2. The molecule has 22 heavy (non-hydrogen) atoms. The molecule has 9 heteroatoms. The number of hydrogen-bond acceptors (Lipinski definition) is 5. The van der Waals surface area contributed by atoms with Gasteiger partial charge >= 0.3 is 5.97 Å². The first-order valence-corrected chi connectivity index (χ1v) is 8.98. The maximum Gasteiger partial charge on any atom is 0.346 e. The zero-order valence-corrected chi connectivity index (χ0v) is 13.7. The maximum atomic E-state index is 12.4. The van der Waals surface area contributed by atoms with E-state index in [4.69, 9.17) is 5.11 Å². The summed E-state index contributed by atoms with van der Waals surface area (Å²) in [5.41, 5.74) is 1.43. The molecule has 0 aliphatic heterocycles. The maximum absolute atomic E-state index is 12.4. The summed E-state index contributed by atoms with van der Waals surface area (Å²) in [5, 5.41) is 13.2. The Kier molecular flexibility index (Phi) is 3.48. The molecule has 0 amide bonds. The molecule has 0 radical (unpaired) electrons. The Morgan fingerprint density at radius 2 is 2.14 bits per heavy atom. The lowest BCUT2D eigenvalue weighted by molar-refractivity contribution is 0.0701. The summed E-state index contributed by atoms with van der Waals surface area (Å²) in [5.74, 6) is -0.413. The lowest BCUT2D eigenvalue weighted by atomic mass is 10.3. The molecule has 2 heterocycles. The number of nitrogens with one attached hydrogen (secondary N) is 1. The smallest absolute Gasteiger partial charge is 0.346 e. The predicted molar refractivity (Wildman–Crippen MR) is 82.0 cm³/mol. The largest absolute Gasteiger partial charge is 0.477 e. The molecule has 118 valence electrons. The van der Waals surface area contributed by atoms with Crippen molar-refractivity contribution in [3.05, 3.63) is 28.3 Å². The molecule has 0 bridgehead atoms. The number of sulfonamides is 1. The van der Waals surface area contributed by atoms with Crippen molar-refractivity contribution in [1.82, 2.24) is 9.78 Å². The van der Waals surface area contributed by atoms with Gasteiger partial charge in [0.1, 0.15) is 9.09 Å². The van der Waals surface area contributed by atoms with Gasteiger partial charge in [0.15, 0.2) is 5.82 Å². The normalized spacial score (nSPS) is 15.0. The van der Waals surface area contributed by atoms with Crippen molar-refractivity contribution in [2.45, 2.75) is 29.9 Å². The third-order valence-corrected chi connectivity index (χ3v) is 6.56. The number of hydrogen-bond donors (Lipinski definition) is 2. The summed E-state index contributed by atoms with van der Waals surface area (Å²) in [7, 11) is -2.05. The molecule has 7 nitrogen and oxygen atoms in total. The number of anilines is 1. The molecule has 0 spiro atoms. The molecule has 1 aliphatic carbocycles.